The molecule has 0 aliphatic heterocycles. The van der Waals surface area contributed by atoms with Crippen molar-refractivity contribution in [2.24, 2.45) is 5.73 Å². The van der Waals surface area contributed by atoms with Crippen molar-refractivity contribution in [1.82, 2.24) is 0 Å². The van der Waals surface area contributed by atoms with Crippen LogP contribution in [0.1, 0.15) is 17.2 Å². The van der Waals surface area contributed by atoms with Gasteiger partial charge in [0.2, 0.25) is 0 Å². The molecule has 0 aliphatic rings. The topological polar surface area (TPSA) is 46.2 Å². The Morgan fingerprint density at radius 2 is 2.08 bits per heavy atom. The van der Waals surface area contributed by atoms with Gasteiger partial charge in [0, 0.05) is 0 Å². The Kier molecular flexibility index (Phi) is 3.19. The van der Waals surface area contributed by atoms with Crippen LogP contribution in [0.15, 0.2) is 24.3 Å². The number of halogens is 1. The first kappa shape index (κ1) is 9.16. The summed E-state index contributed by atoms with van der Waals surface area (Å²) in [5, 5.41) is 8.76. The fourth-order valence-electron chi connectivity index (χ4n) is 1.12. The molecule has 2 nitrogen and oxygen atoms in total. The van der Waals surface area contributed by atoms with Crippen LogP contribution in [0.3, 0.4) is 0 Å². The summed E-state index contributed by atoms with van der Waals surface area (Å²) in [6, 6.07) is 6.46. The van der Waals surface area contributed by atoms with E-state index in [1.54, 1.807) is 24.3 Å². The van der Waals surface area contributed by atoms with E-state index in [9.17, 15) is 4.39 Å². The molecule has 0 aliphatic carbocycles. The van der Waals surface area contributed by atoms with E-state index < -0.39 is 12.7 Å². The molecular weight excluding hydrogens is 157 g/mol. The lowest BCUT2D eigenvalue weighted by atomic mass is 10.0. The molecule has 0 bridgehead atoms. The highest BCUT2D eigenvalue weighted by molar-refractivity contribution is 5.29. The molecule has 0 saturated carbocycles. The van der Waals surface area contributed by atoms with E-state index in [1.807, 2.05) is 0 Å². The van der Waals surface area contributed by atoms with Gasteiger partial charge in [-0.25, -0.2) is 4.39 Å². The molecule has 0 aromatic heterocycles. The molecule has 0 fully saturated rings. The third-order valence-corrected chi connectivity index (χ3v) is 1.80. The largest absolute Gasteiger partial charge is 0.394 e. The first-order valence-corrected chi connectivity index (χ1v) is 3.79. The summed E-state index contributed by atoms with van der Waals surface area (Å²) in [6.45, 7) is -0.694. The van der Waals surface area contributed by atoms with Crippen molar-refractivity contribution >= 4 is 0 Å². The number of hydrogen-bond donors (Lipinski definition) is 2. The van der Waals surface area contributed by atoms with Gasteiger partial charge in [0.15, 0.2) is 0 Å². The second-order valence-electron chi connectivity index (χ2n) is 2.62. The highest BCUT2D eigenvalue weighted by atomic mass is 19.1. The number of aliphatic hydroxyl groups is 1. The van der Waals surface area contributed by atoms with Crippen LogP contribution >= 0.6 is 0 Å². The van der Waals surface area contributed by atoms with Crippen LogP contribution in [0, 0.1) is 0 Å². The highest BCUT2D eigenvalue weighted by Gasteiger charge is 2.08. The van der Waals surface area contributed by atoms with E-state index in [1.165, 1.54) is 0 Å². The maximum absolute atomic E-state index is 12.3. The molecule has 12 heavy (non-hydrogen) atoms. The van der Waals surface area contributed by atoms with Crippen molar-refractivity contribution in [2.75, 3.05) is 6.61 Å². The number of hydrogen-bond acceptors (Lipinski definition) is 2. The quantitative estimate of drug-likeness (QED) is 0.713. The summed E-state index contributed by atoms with van der Waals surface area (Å²) in [4.78, 5) is 0. The number of nitrogens with two attached hydrogens (primary N) is 1. The van der Waals surface area contributed by atoms with Crippen LogP contribution in [0.2, 0.25) is 0 Å². The smallest absolute Gasteiger partial charge is 0.115 e. The first-order valence-electron chi connectivity index (χ1n) is 3.79. The van der Waals surface area contributed by atoms with Gasteiger partial charge >= 0.3 is 0 Å². The summed E-state index contributed by atoms with van der Waals surface area (Å²) in [5.74, 6) is 0. The van der Waals surface area contributed by atoms with Crippen LogP contribution in [0.5, 0.6) is 0 Å². The summed E-state index contributed by atoms with van der Waals surface area (Å²) in [6.07, 6.45) is 0. The second kappa shape index (κ2) is 4.18. The Hall–Kier alpha value is -0.930. The zero-order chi connectivity index (χ0) is 8.97. The van der Waals surface area contributed by atoms with Gasteiger partial charge in [-0.05, 0) is 11.1 Å². The maximum Gasteiger partial charge on any atom is 0.115 e. The zero-order valence-corrected chi connectivity index (χ0v) is 6.70. The molecule has 3 heteroatoms. The third kappa shape index (κ3) is 1.81. The molecule has 1 atom stereocenters. The molecule has 1 aromatic carbocycles. The van der Waals surface area contributed by atoms with Crippen molar-refractivity contribution in [1.29, 1.82) is 0 Å². The Labute approximate surface area is 70.8 Å². The van der Waals surface area contributed by atoms with E-state index in [2.05, 4.69) is 0 Å². The maximum atomic E-state index is 12.3. The number of benzene rings is 1. The number of aliphatic hydroxyl groups excluding tert-OH is 1. The molecule has 3 N–H and O–H groups in total. The number of rotatable bonds is 3. The van der Waals surface area contributed by atoms with E-state index in [0.29, 0.717) is 11.1 Å². The Bertz CT molecular complexity index is 252. The summed E-state index contributed by atoms with van der Waals surface area (Å²) in [7, 11) is 0. The SMILES string of the molecule is NC(CO)c1ccccc1CF. The van der Waals surface area contributed by atoms with E-state index in [4.69, 9.17) is 10.8 Å². The second-order valence-corrected chi connectivity index (χ2v) is 2.62. The van der Waals surface area contributed by atoms with Crippen molar-refractivity contribution in [3.05, 3.63) is 35.4 Å². The molecule has 0 heterocycles. The standard InChI is InChI=1S/C9H12FNO/c10-5-7-3-1-2-4-8(7)9(11)6-12/h1-4,9,12H,5-6,11H2. The van der Waals surface area contributed by atoms with Gasteiger partial charge in [-0.3, -0.25) is 0 Å². The third-order valence-electron chi connectivity index (χ3n) is 1.80. The molecule has 66 valence electrons. The van der Waals surface area contributed by atoms with Crippen molar-refractivity contribution < 1.29 is 9.50 Å². The number of alkyl halides is 1. The van der Waals surface area contributed by atoms with Gasteiger partial charge in [-0.1, -0.05) is 24.3 Å². The monoisotopic (exact) mass is 169 g/mol. The molecule has 1 unspecified atom stereocenters. The van der Waals surface area contributed by atoms with Crippen LogP contribution in [-0.4, -0.2) is 11.7 Å². The average molecular weight is 169 g/mol. The van der Waals surface area contributed by atoms with E-state index in [-0.39, 0.29) is 6.61 Å². The van der Waals surface area contributed by atoms with Gasteiger partial charge in [-0.2, -0.15) is 0 Å². The van der Waals surface area contributed by atoms with E-state index in [0.717, 1.165) is 0 Å². The minimum atomic E-state index is -0.538. The minimum Gasteiger partial charge on any atom is -0.394 e. The van der Waals surface area contributed by atoms with Gasteiger partial charge < -0.3 is 10.8 Å². The van der Waals surface area contributed by atoms with Crippen LogP contribution in [-0.2, 0) is 6.67 Å². The summed E-state index contributed by atoms with van der Waals surface area (Å²) in [5.41, 5.74) is 6.79. The predicted octanol–water partition coefficient (Wildman–Crippen LogP) is 1.15. The Morgan fingerprint density at radius 3 is 2.67 bits per heavy atom. The van der Waals surface area contributed by atoms with Crippen LogP contribution in [0.4, 0.5) is 4.39 Å². The minimum absolute atomic E-state index is 0.156. The lowest BCUT2D eigenvalue weighted by Gasteiger charge is -2.11. The summed E-state index contributed by atoms with van der Waals surface area (Å²) < 4.78 is 12.3. The molecule has 0 radical (unpaired) electrons. The fourth-order valence-corrected chi connectivity index (χ4v) is 1.12. The molecule has 0 amide bonds. The van der Waals surface area contributed by atoms with Crippen LogP contribution < -0.4 is 5.73 Å². The van der Waals surface area contributed by atoms with Crippen molar-refractivity contribution in [3.8, 4) is 0 Å². The van der Waals surface area contributed by atoms with Gasteiger partial charge in [0.05, 0.1) is 12.6 Å². The fraction of sp³-hybridized carbons (Fsp3) is 0.333. The summed E-state index contributed by atoms with van der Waals surface area (Å²) >= 11 is 0. The van der Waals surface area contributed by atoms with E-state index >= 15 is 0 Å². The zero-order valence-electron chi connectivity index (χ0n) is 6.70. The molecule has 0 saturated heterocycles. The first-order chi connectivity index (χ1) is 5.79. The van der Waals surface area contributed by atoms with Crippen LogP contribution in [0.25, 0.3) is 0 Å². The highest BCUT2D eigenvalue weighted by Crippen LogP contribution is 2.16. The lowest BCUT2D eigenvalue weighted by molar-refractivity contribution is 0.267. The molecular formula is C9H12FNO. The Morgan fingerprint density at radius 1 is 1.42 bits per heavy atom. The molecule has 1 rings (SSSR count). The normalized spacial score (nSPS) is 12.9. The van der Waals surface area contributed by atoms with Gasteiger partial charge in [0.25, 0.3) is 0 Å². The van der Waals surface area contributed by atoms with Crippen molar-refractivity contribution in [2.45, 2.75) is 12.7 Å². The Balaban J connectivity index is 2.96. The lowest BCUT2D eigenvalue weighted by Crippen LogP contribution is -2.16. The predicted molar refractivity (Wildman–Crippen MR) is 45.3 cm³/mol. The average Bonchev–Trinajstić information content (AvgIpc) is 2.16. The molecule has 0 spiro atoms. The van der Waals surface area contributed by atoms with Crippen molar-refractivity contribution in [3.63, 3.8) is 0 Å². The van der Waals surface area contributed by atoms with Gasteiger partial charge in [-0.15, -0.1) is 0 Å². The molecule has 1 aromatic rings. The van der Waals surface area contributed by atoms with Gasteiger partial charge in [0.1, 0.15) is 6.67 Å².